The molecule has 1 aromatic carbocycles. The second-order valence-corrected chi connectivity index (χ2v) is 4.47. The molecule has 106 valence electrons. The van der Waals surface area contributed by atoms with Crippen LogP contribution in [0.1, 0.15) is 31.4 Å². The molecule has 0 spiro atoms. The van der Waals surface area contributed by atoms with Crippen molar-refractivity contribution >= 4 is 5.91 Å². The molecule has 0 heterocycles. The summed E-state index contributed by atoms with van der Waals surface area (Å²) in [6.07, 6.45) is 1.46. The van der Waals surface area contributed by atoms with Gasteiger partial charge in [0.15, 0.2) is 0 Å². The van der Waals surface area contributed by atoms with E-state index in [-0.39, 0.29) is 11.9 Å². The lowest BCUT2D eigenvalue weighted by molar-refractivity contribution is -0.121. The maximum absolute atomic E-state index is 11.5. The summed E-state index contributed by atoms with van der Waals surface area (Å²) in [6.45, 7) is 4.04. The zero-order valence-electron chi connectivity index (χ0n) is 11.8. The van der Waals surface area contributed by atoms with E-state index >= 15 is 0 Å². The van der Waals surface area contributed by atoms with E-state index in [0.717, 1.165) is 13.0 Å². The van der Waals surface area contributed by atoms with Crippen molar-refractivity contribution in [1.29, 1.82) is 0 Å². The molecule has 0 aromatic heterocycles. The van der Waals surface area contributed by atoms with E-state index in [0.29, 0.717) is 19.6 Å². The van der Waals surface area contributed by atoms with Crippen LogP contribution in [0.5, 0.6) is 0 Å². The standard InChI is InChI=1S/C15H24N2O2/c1-3-10-17-15(18)9-11-16-14(12-19-2)13-7-5-4-6-8-13/h4-8,14,16H,3,9-12H2,1-2H3,(H,17,18). The van der Waals surface area contributed by atoms with Crippen LogP contribution in [0.15, 0.2) is 30.3 Å². The molecule has 19 heavy (non-hydrogen) atoms. The fraction of sp³-hybridized carbons (Fsp3) is 0.533. The second kappa shape index (κ2) is 9.53. The lowest BCUT2D eigenvalue weighted by atomic mass is 10.1. The van der Waals surface area contributed by atoms with Crippen LogP contribution in [-0.4, -0.2) is 32.7 Å². The summed E-state index contributed by atoms with van der Waals surface area (Å²) in [4.78, 5) is 11.5. The van der Waals surface area contributed by atoms with Crippen LogP contribution < -0.4 is 10.6 Å². The monoisotopic (exact) mass is 264 g/mol. The first-order valence-corrected chi connectivity index (χ1v) is 6.82. The van der Waals surface area contributed by atoms with Gasteiger partial charge in [-0.3, -0.25) is 4.79 Å². The number of ether oxygens (including phenoxy) is 1. The first kappa shape index (κ1) is 15.7. The van der Waals surface area contributed by atoms with Crippen LogP contribution in [0.25, 0.3) is 0 Å². The summed E-state index contributed by atoms with van der Waals surface area (Å²) < 4.78 is 5.22. The average molecular weight is 264 g/mol. The Balaban J connectivity index is 2.36. The maximum Gasteiger partial charge on any atom is 0.221 e. The molecule has 1 atom stereocenters. The van der Waals surface area contributed by atoms with Crippen LogP contribution in [-0.2, 0) is 9.53 Å². The minimum atomic E-state index is 0.0959. The number of benzene rings is 1. The van der Waals surface area contributed by atoms with Crippen molar-refractivity contribution < 1.29 is 9.53 Å². The predicted octanol–water partition coefficient (Wildman–Crippen LogP) is 1.88. The van der Waals surface area contributed by atoms with Gasteiger partial charge in [-0.15, -0.1) is 0 Å². The lowest BCUT2D eigenvalue weighted by Gasteiger charge is -2.18. The molecule has 0 radical (unpaired) electrons. The highest BCUT2D eigenvalue weighted by Crippen LogP contribution is 2.12. The van der Waals surface area contributed by atoms with E-state index in [1.54, 1.807) is 7.11 Å². The molecule has 0 bridgehead atoms. The van der Waals surface area contributed by atoms with Crippen molar-refractivity contribution in [3.8, 4) is 0 Å². The van der Waals surface area contributed by atoms with Gasteiger partial charge >= 0.3 is 0 Å². The van der Waals surface area contributed by atoms with E-state index in [1.807, 2.05) is 25.1 Å². The zero-order chi connectivity index (χ0) is 13.9. The highest BCUT2D eigenvalue weighted by Gasteiger charge is 2.10. The SMILES string of the molecule is CCCNC(=O)CCNC(COC)c1ccccc1. The van der Waals surface area contributed by atoms with E-state index in [2.05, 4.69) is 22.8 Å². The highest BCUT2D eigenvalue weighted by atomic mass is 16.5. The summed E-state index contributed by atoms with van der Waals surface area (Å²) >= 11 is 0. The Morgan fingerprint density at radius 3 is 2.63 bits per heavy atom. The maximum atomic E-state index is 11.5. The molecule has 1 unspecified atom stereocenters. The molecule has 1 rings (SSSR count). The van der Waals surface area contributed by atoms with Gasteiger partial charge in [-0.2, -0.15) is 0 Å². The average Bonchev–Trinajstić information content (AvgIpc) is 2.45. The number of rotatable bonds is 9. The molecule has 1 amide bonds. The van der Waals surface area contributed by atoms with Crippen LogP contribution in [0, 0.1) is 0 Å². The molecule has 0 saturated heterocycles. The summed E-state index contributed by atoms with van der Waals surface area (Å²) in [5, 5.41) is 6.23. The van der Waals surface area contributed by atoms with Crippen molar-refractivity contribution in [2.75, 3.05) is 26.8 Å². The Hall–Kier alpha value is -1.39. The number of hydrogen-bond donors (Lipinski definition) is 2. The Morgan fingerprint density at radius 1 is 1.26 bits per heavy atom. The quantitative estimate of drug-likeness (QED) is 0.716. The summed E-state index contributed by atoms with van der Waals surface area (Å²) in [6, 6.07) is 10.3. The molecular weight excluding hydrogens is 240 g/mol. The minimum Gasteiger partial charge on any atom is -0.383 e. The van der Waals surface area contributed by atoms with Gasteiger partial charge in [0.1, 0.15) is 0 Å². The zero-order valence-corrected chi connectivity index (χ0v) is 11.8. The normalized spacial score (nSPS) is 12.1. The van der Waals surface area contributed by atoms with Gasteiger partial charge in [0, 0.05) is 26.6 Å². The van der Waals surface area contributed by atoms with Crippen molar-refractivity contribution in [2.24, 2.45) is 0 Å². The van der Waals surface area contributed by atoms with Crippen LogP contribution >= 0.6 is 0 Å². The number of carbonyl (C=O) groups excluding carboxylic acids is 1. The van der Waals surface area contributed by atoms with E-state index in [4.69, 9.17) is 4.74 Å². The largest absolute Gasteiger partial charge is 0.383 e. The first-order chi connectivity index (χ1) is 9.27. The van der Waals surface area contributed by atoms with Gasteiger partial charge in [0.2, 0.25) is 5.91 Å². The Labute approximate surface area is 115 Å². The predicted molar refractivity (Wildman–Crippen MR) is 77.0 cm³/mol. The van der Waals surface area contributed by atoms with E-state index < -0.39 is 0 Å². The third kappa shape index (κ3) is 6.36. The number of nitrogens with one attached hydrogen (secondary N) is 2. The lowest BCUT2D eigenvalue weighted by Crippen LogP contribution is -2.31. The molecule has 4 nitrogen and oxygen atoms in total. The molecule has 0 aliphatic rings. The smallest absolute Gasteiger partial charge is 0.221 e. The Morgan fingerprint density at radius 2 is 2.00 bits per heavy atom. The topological polar surface area (TPSA) is 50.4 Å². The number of methoxy groups -OCH3 is 1. The van der Waals surface area contributed by atoms with Crippen molar-refractivity contribution in [2.45, 2.75) is 25.8 Å². The van der Waals surface area contributed by atoms with Gasteiger partial charge in [-0.1, -0.05) is 37.3 Å². The van der Waals surface area contributed by atoms with Crippen LogP contribution in [0.2, 0.25) is 0 Å². The fourth-order valence-corrected chi connectivity index (χ4v) is 1.84. The Bertz CT molecular complexity index is 354. The third-order valence-corrected chi connectivity index (χ3v) is 2.85. The van der Waals surface area contributed by atoms with Crippen LogP contribution in [0.3, 0.4) is 0 Å². The molecule has 4 heteroatoms. The van der Waals surface area contributed by atoms with Gasteiger partial charge in [-0.25, -0.2) is 0 Å². The Kier molecular flexibility index (Phi) is 7.86. The van der Waals surface area contributed by atoms with Crippen LogP contribution in [0.4, 0.5) is 0 Å². The van der Waals surface area contributed by atoms with E-state index in [1.165, 1.54) is 5.56 Å². The summed E-state index contributed by atoms with van der Waals surface area (Å²) in [5.74, 6) is 0.0959. The summed E-state index contributed by atoms with van der Waals surface area (Å²) in [5.41, 5.74) is 1.18. The molecule has 0 saturated carbocycles. The van der Waals surface area contributed by atoms with E-state index in [9.17, 15) is 4.79 Å². The first-order valence-electron chi connectivity index (χ1n) is 6.82. The van der Waals surface area contributed by atoms with Gasteiger partial charge in [0.25, 0.3) is 0 Å². The molecule has 0 aliphatic heterocycles. The van der Waals surface area contributed by atoms with Gasteiger partial charge < -0.3 is 15.4 Å². The number of amides is 1. The number of carbonyl (C=O) groups is 1. The van der Waals surface area contributed by atoms with Crippen molar-refractivity contribution in [3.63, 3.8) is 0 Å². The molecular formula is C15H24N2O2. The van der Waals surface area contributed by atoms with Gasteiger partial charge in [0.05, 0.1) is 12.6 Å². The third-order valence-electron chi connectivity index (χ3n) is 2.85. The number of hydrogen-bond acceptors (Lipinski definition) is 3. The molecule has 0 aliphatic carbocycles. The summed E-state index contributed by atoms with van der Waals surface area (Å²) in [7, 11) is 1.69. The molecule has 0 fully saturated rings. The second-order valence-electron chi connectivity index (χ2n) is 4.47. The molecule has 1 aromatic rings. The minimum absolute atomic E-state index is 0.0959. The van der Waals surface area contributed by atoms with Crippen molar-refractivity contribution in [1.82, 2.24) is 10.6 Å². The highest BCUT2D eigenvalue weighted by molar-refractivity contribution is 5.75. The van der Waals surface area contributed by atoms with Crippen molar-refractivity contribution in [3.05, 3.63) is 35.9 Å². The fourth-order valence-electron chi connectivity index (χ4n) is 1.84. The molecule has 2 N–H and O–H groups in total. The van der Waals surface area contributed by atoms with Gasteiger partial charge in [-0.05, 0) is 12.0 Å².